The van der Waals surface area contributed by atoms with Gasteiger partial charge < -0.3 is 5.32 Å². The molecule has 0 saturated carbocycles. The van der Waals surface area contributed by atoms with Crippen molar-refractivity contribution in [2.75, 3.05) is 19.6 Å². The summed E-state index contributed by atoms with van der Waals surface area (Å²) in [6, 6.07) is 7.26. The van der Waals surface area contributed by atoms with Crippen LogP contribution in [0.4, 0.5) is 0 Å². The van der Waals surface area contributed by atoms with E-state index in [0.29, 0.717) is 6.04 Å². The molecule has 2 heteroatoms. The third kappa shape index (κ3) is 3.67. The Hall–Kier alpha value is -0.860. The molecule has 1 atom stereocenters. The summed E-state index contributed by atoms with van der Waals surface area (Å²) in [6.07, 6.45) is 3.87. The molecule has 1 aliphatic heterocycles. The molecule has 1 unspecified atom stereocenters. The molecule has 118 valence electrons. The van der Waals surface area contributed by atoms with Gasteiger partial charge in [-0.25, -0.2) is 0 Å². The SMILES string of the molecule is CCCNC(c1cc(C)ccc1C)C(C)(C)N1CCCC1. The predicted molar refractivity (Wildman–Crippen MR) is 91.8 cm³/mol. The van der Waals surface area contributed by atoms with Crippen LogP contribution in [-0.4, -0.2) is 30.1 Å². The van der Waals surface area contributed by atoms with Crippen LogP contribution in [-0.2, 0) is 0 Å². The highest BCUT2D eigenvalue weighted by Crippen LogP contribution is 2.35. The molecule has 2 nitrogen and oxygen atoms in total. The molecule has 0 bridgehead atoms. The van der Waals surface area contributed by atoms with Gasteiger partial charge in [-0.15, -0.1) is 0 Å². The number of nitrogens with one attached hydrogen (secondary N) is 1. The number of hydrogen-bond donors (Lipinski definition) is 1. The van der Waals surface area contributed by atoms with Gasteiger partial charge in [-0.05, 0) is 77.7 Å². The van der Waals surface area contributed by atoms with Crippen molar-refractivity contribution < 1.29 is 0 Å². The van der Waals surface area contributed by atoms with Gasteiger partial charge in [0.2, 0.25) is 0 Å². The van der Waals surface area contributed by atoms with Crippen LogP contribution in [0.1, 0.15) is 62.8 Å². The number of benzene rings is 1. The third-order valence-electron chi connectivity index (χ3n) is 4.97. The van der Waals surface area contributed by atoms with Gasteiger partial charge in [0.05, 0.1) is 6.04 Å². The lowest BCUT2D eigenvalue weighted by atomic mass is 9.84. The first-order valence-corrected chi connectivity index (χ1v) is 8.52. The molecule has 1 aromatic rings. The number of nitrogens with zero attached hydrogens (tertiary/aromatic N) is 1. The van der Waals surface area contributed by atoms with E-state index in [0.717, 1.165) is 6.54 Å². The molecule has 0 aromatic heterocycles. The van der Waals surface area contributed by atoms with Crippen molar-refractivity contribution in [1.29, 1.82) is 0 Å². The van der Waals surface area contributed by atoms with E-state index in [-0.39, 0.29) is 5.54 Å². The Balaban J connectivity index is 2.34. The predicted octanol–water partition coefficient (Wildman–Crippen LogP) is 4.22. The molecule has 0 aliphatic carbocycles. The average Bonchev–Trinajstić information content (AvgIpc) is 2.97. The average molecular weight is 288 g/mol. The monoisotopic (exact) mass is 288 g/mol. The van der Waals surface area contributed by atoms with Crippen LogP contribution in [0.2, 0.25) is 0 Å². The van der Waals surface area contributed by atoms with E-state index in [1.807, 2.05) is 0 Å². The van der Waals surface area contributed by atoms with Crippen LogP contribution in [0.3, 0.4) is 0 Å². The Labute approximate surface area is 130 Å². The van der Waals surface area contributed by atoms with E-state index in [4.69, 9.17) is 0 Å². The molecule has 0 spiro atoms. The van der Waals surface area contributed by atoms with Crippen molar-refractivity contribution in [2.45, 2.75) is 65.5 Å². The molecule has 1 fully saturated rings. The quantitative estimate of drug-likeness (QED) is 0.843. The minimum absolute atomic E-state index is 0.157. The Kier molecular flexibility index (Phi) is 5.45. The lowest BCUT2D eigenvalue weighted by Crippen LogP contribution is -2.51. The highest BCUT2D eigenvalue weighted by molar-refractivity contribution is 5.35. The van der Waals surface area contributed by atoms with E-state index in [1.165, 1.54) is 49.0 Å². The van der Waals surface area contributed by atoms with Crippen molar-refractivity contribution in [3.63, 3.8) is 0 Å². The highest BCUT2D eigenvalue weighted by Gasteiger charge is 2.37. The summed E-state index contributed by atoms with van der Waals surface area (Å²) < 4.78 is 0. The van der Waals surface area contributed by atoms with Gasteiger partial charge in [-0.2, -0.15) is 0 Å². The summed E-state index contributed by atoms with van der Waals surface area (Å²) in [7, 11) is 0. The van der Waals surface area contributed by atoms with Gasteiger partial charge in [0.15, 0.2) is 0 Å². The molecular weight excluding hydrogens is 256 g/mol. The van der Waals surface area contributed by atoms with Crippen molar-refractivity contribution in [3.8, 4) is 0 Å². The minimum Gasteiger partial charge on any atom is -0.308 e. The second-order valence-corrected chi connectivity index (χ2v) is 7.09. The summed E-state index contributed by atoms with van der Waals surface area (Å²) >= 11 is 0. The fraction of sp³-hybridized carbons (Fsp3) is 0.684. The number of rotatable bonds is 6. The number of hydrogen-bond acceptors (Lipinski definition) is 2. The zero-order valence-electron chi connectivity index (χ0n) is 14.5. The zero-order valence-corrected chi connectivity index (χ0v) is 14.5. The number of likely N-dealkylation sites (tertiary alicyclic amines) is 1. The summed E-state index contributed by atoms with van der Waals surface area (Å²) in [5.41, 5.74) is 4.39. The molecule has 1 heterocycles. The summed E-state index contributed by atoms with van der Waals surface area (Å²) in [6.45, 7) is 15.1. The van der Waals surface area contributed by atoms with Gasteiger partial charge in [0.1, 0.15) is 0 Å². The largest absolute Gasteiger partial charge is 0.308 e. The summed E-state index contributed by atoms with van der Waals surface area (Å²) in [5, 5.41) is 3.83. The van der Waals surface area contributed by atoms with E-state index < -0.39 is 0 Å². The van der Waals surface area contributed by atoms with Crippen LogP contribution in [0, 0.1) is 13.8 Å². The van der Waals surface area contributed by atoms with Crippen LogP contribution >= 0.6 is 0 Å². The fourth-order valence-corrected chi connectivity index (χ4v) is 3.58. The maximum absolute atomic E-state index is 3.83. The van der Waals surface area contributed by atoms with Crippen molar-refractivity contribution in [3.05, 3.63) is 34.9 Å². The van der Waals surface area contributed by atoms with Crippen molar-refractivity contribution in [2.24, 2.45) is 0 Å². The highest BCUT2D eigenvalue weighted by atomic mass is 15.2. The first-order valence-electron chi connectivity index (χ1n) is 8.52. The van der Waals surface area contributed by atoms with Crippen LogP contribution in [0.25, 0.3) is 0 Å². The molecule has 2 rings (SSSR count). The summed E-state index contributed by atoms with van der Waals surface area (Å²) in [5.74, 6) is 0. The van der Waals surface area contributed by atoms with E-state index in [9.17, 15) is 0 Å². The molecule has 0 amide bonds. The van der Waals surface area contributed by atoms with E-state index in [2.05, 4.69) is 63.0 Å². The van der Waals surface area contributed by atoms with Crippen LogP contribution < -0.4 is 5.32 Å². The molecule has 1 saturated heterocycles. The smallest absolute Gasteiger partial charge is 0.0504 e. The lowest BCUT2D eigenvalue weighted by molar-refractivity contribution is 0.106. The second kappa shape index (κ2) is 6.93. The van der Waals surface area contributed by atoms with Crippen molar-refractivity contribution >= 4 is 0 Å². The van der Waals surface area contributed by atoms with E-state index in [1.54, 1.807) is 0 Å². The third-order valence-corrected chi connectivity index (χ3v) is 4.97. The normalized spacial score (nSPS) is 18.1. The Morgan fingerprint density at radius 1 is 1.19 bits per heavy atom. The topological polar surface area (TPSA) is 15.3 Å². The Bertz CT molecular complexity index is 459. The second-order valence-electron chi connectivity index (χ2n) is 7.09. The lowest BCUT2D eigenvalue weighted by Gasteiger charge is -2.43. The molecule has 0 radical (unpaired) electrons. The van der Waals surface area contributed by atoms with Crippen LogP contribution in [0.15, 0.2) is 18.2 Å². The van der Waals surface area contributed by atoms with Gasteiger partial charge in [0.25, 0.3) is 0 Å². The van der Waals surface area contributed by atoms with Gasteiger partial charge in [-0.1, -0.05) is 30.7 Å². The maximum Gasteiger partial charge on any atom is 0.0504 e. The molecule has 1 aliphatic rings. The minimum atomic E-state index is 0.157. The Morgan fingerprint density at radius 3 is 2.48 bits per heavy atom. The molecule has 1 aromatic carbocycles. The van der Waals surface area contributed by atoms with Crippen molar-refractivity contribution in [1.82, 2.24) is 10.2 Å². The standard InChI is InChI=1S/C19H32N2/c1-6-11-20-18(17-14-15(2)9-10-16(17)3)19(4,5)21-12-7-8-13-21/h9-10,14,18,20H,6-8,11-13H2,1-5H3. The van der Waals surface area contributed by atoms with Gasteiger partial charge in [-0.3, -0.25) is 4.90 Å². The van der Waals surface area contributed by atoms with E-state index >= 15 is 0 Å². The first-order chi connectivity index (χ1) is 9.96. The fourth-order valence-electron chi connectivity index (χ4n) is 3.58. The van der Waals surface area contributed by atoms with Gasteiger partial charge in [0, 0.05) is 5.54 Å². The first kappa shape index (κ1) is 16.5. The molecule has 1 N–H and O–H groups in total. The maximum atomic E-state index is 3.83. The molecular formula is C19H32N2. The van der Waals surface area contributed by atoms with Crippen LogP contribution in [0.5, 0.6) is 0 Å². The molecule has 21 heavy (non-hydrogen) atoms. The number of aryl methyl sites for hydroxylation is 2. The Morgan fingerprint density at radius 2 is 1.86 bits per heavy atom. The zero-order chi connectivity index (χ0) is 15.5. The summed E-state index contributed by atoms with van der Waals surface area (Å²) in [4.78, 5) is 2.67. The van der Waals surface area contributed by atoms with Gasteiger partial charge >= 0.3 is 0 Å².